The van der Waals surface area contributed by atoms with Gasteiger partial charge >= 0.3 is 0 Å². The van der Waals surface area contributed by atoms with E-state index in [9.17, 15) is 0 Å². The molecular weight excluding hydrogens is 234 g/mol. The topological polar surface area (TPSA) is 35.2 Å². The van der Waals surface area contributed by atoms with Crippen LogP contribution in [0.25, 0.3) is 11.1 Å². The van der Waals surface area contributed by atoms with Crippen LogP contribution in [0.2, 0.25) is 0 Å². The Balaban J connectivity index is 1.90. The molecule has 2 N–H and O–H groups in total. The van der Waals surface area contributed by atoms with Gasteiger partial charge in [-0.25, -0.2) is 0 Å². The van der Waals surface area contributed by atoms with E-state index in [4.69, 9.17) is 10.5 Å². The molecule has 98 valence electrons. The van der Waals surface area contributed by atoms with Gasteiger partial charge in [-0.15, -0.1) is 0 Å². The molecule has 0 amide bonds. The molecule has 0 bridgehead atoms. The van der Waals surface area contributed by atoms with Crippen LogP contribution in [-0.4, -0.2) is 6.10 Å². The van der Waals surface area contributed by atoms with E-state index in [0.717, 1.165) is 5.75 Å². The minimum atomic E-state index is 0.449. The Morgan fingerprint density at radius 2 is 1.84 bits per heavy atom. The number of benzene rings is 2. The second-order valence-electron chi connectivity index (χ2n) is 5.21. The van der Waals surface area contributed by atoms with Crippen molar-refractivity contribution in [3.63, 3.8) is 0 Å². The largest absolute Gasteiger partial charge is 0.490 e. The molecule has 0 atom stereocenters. The van der Waals surface area contributed by atoms with Crippen LogP contribution in [0.4, 0.5) is 0 Å². The average molecular weight is 253 g/mol. The second-order valence-corrected chi connectivity index (χ2v) is 5.21. The van der Waals surface area contributed by atoms with Crippen LogP contribution in [0.15, 0.2) is 42.5 Å². The second kappa shape index (κ2) is 5.06. The van der Waals surface area contributed by atoms with E-state index in [2.05, 4.69) is 49.4 Å². The fourth-order valence-corrected chi connectivity index (χ4v) is 2.23. The maximum atomic E-state index is 5.82. The van der Waals surface area contributed by atoms with Crippen LogP contribution in [-0.2, 0) is 6.54 Å². The van der Waals surface area contributed by atoms with Gasteiger partial charge in [-0.3, -0.25) is 0 Å². The third kappa shape index (κ3) is 2.79. The Hall–Kier alpha value is -1.80. The molecule has 1 saturated carbocycles. The molecule has 0 unspecified atom stereocenters. The summed E-state index contributed by atoms with van der Waals surface area (Å²) in [5.41, 5.74) is 10.7. The number of ether oxygens (including phenoxy) is 1. The lowest BCUT2D eigenvalue weighted by Crippen LogP contribution is -1.99. The van der Waals surface area contributed by atoms with Gasteiger partial charge < -0.3 is 10.5 Å². The van der Waals surface area contributed by atoms with Gasteiger partial charge in [-0.2, -0.15) is 0 Å². The Labute approximate surface area is 114 Å². The molecule has 0 aliphatic heterocycles. The van der Waals surface area contributed by atoms with Crippen molar-refractivity contribution in [2.24, 2.45) is 5.73 Å². The van der Waals surface area contributed by atoms with Crippen molar-refractivity contribution in [3.8, 4) is 16.9 Å². The molecule has 0 saturated heterocycles. The van der Waals surface area contributed by atoms with E-state index in [0.29, 0.717) is 12.6 Å². The van der Waals surface area contributed by atoms with Crippen LogP contribution in [0.3, 0.4) is 0 Å². The summed E-state index contributed by atoms with van der Waals surface area (Å²) in [6, 6.07) is 14.7. The van der Waals surface area contributed by atoms with Crippen LogP contribution in [0, 0.1) is 6.92 Å². The summed E-state index contributed by atoms with van der Waals surface area (Å²) >= 11 is 0. The lowest BCUT2D eigenvalue weighted by molar-refractivity contribution is 0.303. The summed E-state index contributed by atoms with van der Waals surface area (Å²) in [5.74, 6) is 0.966. The minimum Gasteiger partial charge on any atom is -0.490 e. The molecule has 0 aromatic heterocycles. The first-order valence-corrected chi connectivity index (χ1v) is 6.83. The predicted octanol–water partition coefficient (Wildman–Crippen LogP) is 3.66. The third-order valence-corrected chi connectivity index (χ3v) is 3.48. The van der Waals surface area contributed by atoms with Gasteiger partial charge in [0.25, 0.3) is 0 Å². The summed E-state index contributed by atoms with van der Waals surface area (Å²) in [4.78, 5) is 0. The normalized spacial score (nSPS) is 14.4. The van der Waals surface area contributed by atoms with E-state index >= 15 is 0 Å². The molecule has 0 heterocycles. The van der Waals surface area contributed by atoms with Crippen molar-refractivity contribution < 1.29 is 4.74 Å². The summed E-state index contributed by atoms with van der Waals surface area (Å²) in [6.45, 7) is 2.67. The number of aryl methyl sites for hydroxylation is 1. The Bertz CT molecular complexity index is 570. The van der Waals surface area contributed by atoms with Crippen LogP contribution < -0.4 is 10.5 Å². The SMILES string of the molecule is Cc1ccc(CN)c(-c2ccc(OC3CC3)cc2)c1. The van der Waals surface area contributed by atoms with Gasteiger partial charge in [0.05, 0.1) is 6.10 Å². The van der Waals surface area contributed by atoms with Gasteiger partial charge in [0, 0.05) is 6.54 Å². The Kier molecular flexibility index (Phi) is 3.26. The Morgan fingerprint density at radius 3 is 2.47 bits per heavy atom. The van der Waals surface area contributed by atoms with Crippen molar-refractivity contribution >= 4 is 0 Å². The molecule has 2 aromatic rings. The summed E-state index contributed by atoms with van der Waals surface area (Å²) < 4.78 is 5.77. The quantitative estimate of drug-likeness (QED) is 0.902. The van der Waals surface area contributed by atoms with Crippen LogP contribution in [0.1, 0.15) is 24.0 Å². The summed E-state index contributed by atoms with van der Waals surface area (Å²) in [6.07, 6.45) is 2.83. The van der Waals surface area contributed by atoms with Crippen molar-refractivity contribution in [3.05, 3.63) is 53.6 Å². The highest BCUT2D eigenvalue weighted by molar-refractivity contribution is 5.68. The van der Waals surface area contributed by atoms with E-state index in [-0.39, 0.29) is 0 Å². The van der Waals surface area contributed by atoms with Crippen LogP contribution >= 0.6 is 0 Å². The van der Waals surface area contributed by atoms with Crippen molar-refractivity contribution in [2.75, 3.05) is 0 Å². The minimum absolute atomic E-state index is 0.449. The summed E-state index contributed by atoms with van der Waals surface area (Å²) in [7, 11) is 0. The maximum absolute atomic E-state index is 5.82. The first-order valence-electron chi connectivity index (χ1n) is 6.83. The van der Waals surface area contributed by atoms with Gasteiger partial charge in [-0.1, -0.05) is 35.9 Å². The lowest BCUT2D eigenvalue weighted by Gasteiger charge is -2.10. The van der Waals surface area contributed by atoms with Gasteiger partial charge in [0.1, 0.15) is 5.75 Å². The number of hydrogen-bond donors (Lipinski definition) is 1. The number of rotatable bonds is 4. The molecule has 19 heavy (non-hydrogen) atoms. The predicted molar refractivity (Wildman–Crippen MR) is 78.2 cm³/mol. The average Bonchev–Trinajstić information content (AvgIpc) is 3.23. The van der Waals surface area contributed by atoms with Gasteiger partial charge in [0.2, 0.25) is 0 Å². The zero-order chi connectivity index (χ0) is 13.2. The first-order chi connectivity index (χ1) is 9.26. The highest BCUT2D eigenvalue weighted by Gasteiger charge is 2.23. The van der Waals surface area contributed by atoms with Crippen molar-refractivity contribution in [1.29, 1.82) is 0 Å². The number of nitrogens with two attached hydrogens (primary N) is 1. The fraction of sp³-hybridized carbons (Fsp3) is 0.294. The molecule has 0 spiro atoms. The van der Waals surface area contributed by atoms with E-state index in [1.54, 1.807) is 0 Å². The van der Waals surface area contributed by atoms with Crippen LogP contribution in [0.5, 0.6) is 5.75 Å². The van der Waals surface area contributed by atoms with Crippen molar-refractivity contribution in [2.45, 2.75) is 32.4 Å². The Morgan fingerprint density at radius 1 is 1.11 bits per heavy atom. The van der Waals surface area contributed by atoms with E-state index in [1.807, 2.05) is 0 Å². The lowest BCUT2D eigenvalue weighted by atomic mass is 9.97. The molecule has 3 rings (SSSR count). The maximum Gasteiger partial charge on any atom is 0.119 e. The molecule has 0 radical (unpaired) electrons. The highest BCUT2D eigenvalue weighted by atomic mass is 16.5. The zero-order valence-corrected chi connectivity index (χ0v) is 11.2. The molecule has 2 nitrogen and oxygen atoms in total. The molecule has 2 heteroatoms. The molecule has 2 aromatic carbocycles. The first kappa shape index (κ1) is 12.2. The monoisotopic (exact) mass is 253 g/mol. The van der Waals surface area contributed by atoms with Gasteiger partial charge in [-0.05, 0) is 48.6 Å². The molecule has 1 fully saturated rings. The molecular formula is C17H19NO. The molecule has 1 aliphatic carbocycles. The summed E-state index contributed by atoms with van der Waals surface area (Å²) in [5, 5.41) is 0. The highest BCUT2D eigenvalue weighted by Crippen LogP contribution is 2.30. The number of hydrogen-bond acceptors (Lipinski definition) is 2. The smallest absolute Gasteiger partial charge is 0.119 e. The van der Waals surface area contributed by atoms with E-state index < -0.39 is 0 Å². The third-order valence-electron chi connectivity index (χ3n) is 3.48. The fourth-order valence-electron chi connectivity index (χ4n) is 2.23. The standard InChI is InChI=1S/C17H19NO/c1-12-2-3-14(11-18)17(10-12)13-4-6-15(7-5-13)19-16-8-9-16/h2-7,10,16H,8-9,11,18H2,1H3. The van der Waals surface area contributed by atoms with E-state index in [1.165, 1.54) is 35.1 Å². The van der Waals surface area contributed by atoms with Gasteiger partial charge in [0.15, 0.2) is 0 Å². The zero-order valence-electron chi connectivity index (χ0n) is 11.2. The van der Waals surface area contributed by atoms with Crippen molar-refractivity contribution in [1.82, 2.24) is 0 Å². The molecule has 1 aliphatic rings.